The highest BCUT2D eigenvalue weighted by Gasteiger charge is 2.22. The normalized spacial score (nSPS) is 12.0. The zero-order valence-corrected chi connectivity index (χ0v) is 14.0. The van der Waals surface area contributed by atoms with Crippen molar-refractivity contribution in [1.82, 2.24) is 4.98 Å². The molecule has 2 rings (SSSR count). The van der Waals surface area contributed by atoms with E-state index in [0.29, 0.717) is 15.6 Å². The summed E-state index contributed by atoms with van der Waals surface area (Å²) in [5.41, 5.74) is 1.07. The summed E-state index contributed by atoms with van der Waals surface area (Å²) in [6.45, 7) is 3.42. The van der Waals surface area contributed by atoms with Crippen molar-refractivity contribution < 1.29 is 4.92 Å². The summed E-state index contributed by atoms with van der Waals surface area (Å²) in [4.78, 5) is 14.7. The maximum atomic E-state index is 11.2. The van der Waals surface area contributed by atoms with Crippen LogP contribution in [-0.2, 0) is 0 Å². The van der Waals surface area contributed by atoms with Crippen molar-refractivity contribution >= 4 is 46.3 Å². The molecule has 1 atom stereocenters. The SMILES string of the molecule is Cc1cc(Cl)nc(N[C@H](C)c2ccc(Cl)cc2Cl)c1[N+](=O)[O-]. The van der Waals surface area contributed by atoms with Gasteiger partial charge in [-0.3, -0.25) is 10.1 Å². The van der Waals surface area contributed by atoms with Crippen molar-refractivity contribution in [2.45, 2.75) is 19.9 Å². The van der Waals surface area contributed by atoms with E-state index in [1.165, 1.54) is 6.07 Å². The zero-order chi connectivity index (χ0) is 16.4. The average molecular weight is 361 g/mol. The number of nitrogens with zero attached hydrogens (tertiary/aromatic N) is 2. The molecule has 1 aromatic carbocycles. The molecular weight excluding hydrogens is 349 g/mol. The fourth-order valence-electron chi connectivity index (χ4n) is 2.09. The summed E-state index contributed by atoms with van der Waals surface area (Å²) >= 11 is 17.9. The van der Waals surface area contributed by atoms with Crippen LogP contribution in [0.4, 0.5) is 11.5 Å². The van der Waals surface area contributed by atoms with E-state index in [9.17, 15) is 10.1 Å². The Morgan fingerprint density at radius 2 is 1.95 bits per heavy atom. The molecule has 22 heavy (non-hydrogen) atoms. The minimum Gasteiger partial charge on any atom is -0.358 e. The van der Waals surface area contributed by atoms with E-state index in [1.807, 2.05) is 6.92 Å². The topological polar surface area (TPSA) is 68.1 Å². The fourth-order valence-corrected chi connectivity index (χ4v) is 2.91. The van der Waals surface area contributed by atoms with Gasteiger partial charge in [0.05, 0.1) is 11.0 Å². The Labute approximate surface area is 142 Å². The second kappa shape index (κ2) is 6.69. The van der Waals surface area contributed by atoms with Gasteiger partial charge in [0.15, 0.2) is 0 Å². The lowest BCUT2D eigenvalue weighted by Crippen LogP contribution is -2.11. The molecule has 2 aromatic rings. The highest BCUT2D eigenvalue weighted by atomic mass is 35.5. The molecule has 1 N–H and O–H groups in total. The standard InChI is InChI=1S/C14H12Cl3N3O2/c1-7-5-12(17)19-14(13(7)20(21)22)18-8(2)10-4-3-9(15)6-11(10)16/h3-6,8H,1-2H3,(H,18,19)/t8-/m1/s1. The number of nitrogens with one attached hydrogen (secondary N) is 1. The van der Waals surface area contributed by atoms with Crippen molar-refractivity contribution in [2.24, 2.45) is 0 Å². The molecule has 0 saturated heterocycles. The van der Waals surface area contributed by atoms with Crippen molar-refractivity contribution in [3.63, 3.8) is 0 Å². The van der Waals surface area contributed by atoms with Gasteiger partial charge in [-0.2, -0.15) is 0 Å². The molecule has 0 aliphatic carbocycles. The monoisotopic (exact) mass is 359 g/mol. The molecule has 1 heterocycles. The molecule has 0 aliphatic heterocycles. The Morgan fingerprint density at radius 3 is 2.55 bits per heavy atom. The van der Waals surface area contributed by atoms with Gasteiger partial charge in [0.2, 0.25) is 5.82 Å². The van der Waals surface area contributed by atoms with E-state index in [0.717, 1.165) is 5.56 Å². The van der Waals surface area contributed by atoms with E-state index in [2.05, 4.69) is 10.3 Å². The summed E-state index contributed by atoms with van der Waals surface area (Å²) < 4.78 is 0. The van der Waals surface area contributed by atoms with Gasteiger partial charge in [-0.1, -0.05) is 40.9 Å². The van der Waals surface area contributed by atoms with E-state index < -0.39 is 4.92 Å². The van der Waals surface area contributed by atoms with Crippen molar-refractivity contribution in [3.8, 4) is 0 Å². The minimum atomic E-state index is -0.489. The van der Waals surface area contributed by atoms with Crippen LogP contribution in [0.2, 0.25) is 15.2 Å². The van der Waals surface area contributed by atoms with Gasteiger partial charge in [0.25, 0.3) is 0 Å². The third-order valence-electron chi connectivity index (χ3n) is 3.12. The van der Waals surface area contributed by atoms with Gasteiger partial charge in [0, 0.05) is 15.6 Å². The van der Waals surface area contributed by atoms with Crippen molar-refractivity contribution in [2.75, 3.05) is 5.32 Å². The van der Waals surface area contributed by atoms with Gasteiger partial charge in [-0.25, -0.2) is 4.98 Å². The Kier molecular flexibility index (Phi) is 5.11. The summed E-state index contributed by atoms with van der Waals surface area (Å²) in [7, 11) is 0. The molecule has 0 saturated carbocycles. The van der Waals surface area contributed by atoms with E-state index in [-0.39, 0.29) is 22.7 Å². The molecule has 0 unspecified atom stereocenters. The minimum absolute atomic E-state index is 0.105. The number of hydrogen-bond donors (Lipinski definition) is 1. The lowest BCUT2D eigenvalue weighted by atomic mass is 10.1. The molecule has 0 bridgehead atoms. The number of pyridine rings is 1. The van der Waals surface area contributed by atoms with Gasteiger partial charge in [-0.05, 0) is 37.6 Å². The van der Waals surface area contributed by atoms with Gasteiger partial charge >= 0.3 is 5.69 Å². The highest BCUT2D eigenvalue weighted by molar-refractivity contribution is 6.35. The Bertz CT molecular complexity index is 738. The van der Waals surface area contributed by atoms with Crippen LogP contribution in [0.5, 0.6) is 0 Å². The van der Waals surface area contributed by atoms with Crippen LogP contribution < -0.4 is 5.32 Å². The maximum absolute atomic E-state index is 11.2. The van der Waals surface area contributed by atoms with Crippen molar-refractivity contribution in [3.05, 3.63) is 60.7 Å². The number of aromatic nitrogens is 1. The van der Waals surface area contributed by atoms with Crippen LogP contribution in [-0.4, -0.2) is 9.91 Å². The number of anilines is 1. The summed E-state index contributed by atoms with van der Waals surface area (Å²) in [6, 6.07) is 6.21. The van der Waals surface area contributed by atoms with Crippen LogP contribution >= 0.6 is 34.8 Å². The first kappa shape index (κ1) is 16.8. The molecule has 116 valence electrons. The van der Waals surface area contributed by atoms with Gasteiger partial charge in [-0.15, -0.1) is 0 Å². The molecule has 5 nitrogen and oxygen atoms in total. The van der Waals surface area contributed by atoms with Crippen molar-refractivity contribution in [1.29, 1.82) is 0 Å². The predicted molar refractivity (Wildman–Crippen MR) is 89.1 cm³/mol. The van der Waals surface area contributed by atoms with E-state index >= 15 is 0 Å². The maximum Gasteiger partial charge on any atom is 0.314 e. The second-order valence-corrected chi connectivity index (χ2v) is 5.98. The Balaban J connectivity index is 2.39. The molecule has 0 amide bonds. The molecule has 1 aromatic heterocycles. The molecular formula is C14H12Cl3N3O2. The summed E-state index contributed by atoms with van der Waals surface area (Å²) in [6.07, 6.45) is 0. The van der Waals surface area contributed by atoms with Gasteiger partial charge in [0.1, 0.15) is 5.15 Å². The predicted octanol–water partition coefficient (Wildman–Crippen LogP) is 5.43. The van der Waals surface area contributed by atoms with Crippen LogP contribution in [0, 0.1) is 17.0 Å². The fraction of sp³-hybridized carbons (Fsp3) is 0.214. The number of hydrogen-bond acceptors (Lipinski definition) is 4. The zero-order valence-electron chi connectivity index (χ0n) is 11.7. The quantitative estimate of drug-likeness (QED) is 0.448. The van der Waals surface area contributed by atoms with Crippen LogP contribution in [0.15, 0.2) is 24.3 Å². The smallest absolute Gasteiger partial charge is 0.314 e. The molecule has 8 heteroatoms. The number of benzene rings is 1. The lowest BCUT2D eigenvalue weighted by Gasteiger charge is -2.17. The number of aryl methyl sites for hydroxylation is 1. The van der Waals surface area contributed by atoms with E-state index in [4.69, 9.17) is 34.8 Å². The summed E-state index contributed by atoms with van der Waals surface area (Å²) in [5, 5.41) is 15.4. The number of halogens is 3. The largest absolute Gasteiger partial charge is 0.358 e. The van der Waals surface area contributed by atoms with E-state index in [1.54, 1.807) is 25.1 Å². The Hall–Kier alpha value is -1.56. The molecule has 0 aliphatic rings. The molecule has 0 spiro atoms. The third-order valence-corrected chi connectivity index (χ3v) is 3.87. The summed E-state index contributed by atoms with van der Waals surface area (Å²) in [5.74, 6) is 0.105. The highest BCUT2D eigenvalue weighted by Crippen LogP contribution is 2.33. The first-order valence-electron chi connectivity index (χ1n) is 6.32. The molecule has 0 radical (unpaired) electrons. The average Bonchev–Trinajstić information content (AvgIpc) is 2.36. The van der Waals surface area contributed by atoms with Gasteiger partial charge < -0.3 is 5.32 Å². The Morgan fingerprint density at radius 1 is 1.27 bits per heavy atom. The van der Waals surface area contributed by atoms with Crippen LogP contribution in [0.1, 0.15) is 24.1 Å². The van der Waals surface area contributed by atoms with Crippen LogP contribution in [0.25, 0.3) is 0 Å². The molecule has 0 fully saturated rings. The van der Waals surface area contributed by atoms with Crippen LogP contribution in [0.3, 0.4) is 0 Å². The lowest BCUT2D eigenvalue weighted by molar-refractivity contribution is -0.384. The first-order chi connectivity index (χ1) is 10.3. The second-order valence-electron chi connectivity index (χ2n) is 4.75. The third kappa shape index (κ3) is 3.61. The first-order valence-corrected chi connectivity index (χ1v) is 7.46. The number of rotatable bonds is 4. The number of nitro groups is 1.